The zero-order chi connectivity index (χ0) is 9.97. The van der Waals surface area contributed by atoms with Gasteiger partial charge in [-0.25, -0.2) is 0 Å². The van der Waals surface area contributed by atoms with E-state index in [2.05, 4.69) is 5.16 Å². The van der Waals surface area contributed by atoms with E-state index < -0.39 is 0 Å². The second-order valence-corrected chi connectivity index (χ2v) is 3.30. The molecule has 1 aromatic rings. The maximum Gasteiger partial charge on any atom is 0.177 e. The number of carbonyl (C=O) groups is 1. The molecular weight excluding hydrogens is 178 g/mol. The summed E-state index contributed by atoms with van der Waals surface area (Å²) in [5, 5.41) is 3.76. The average molecular weight is 189 g/mol. The molecule has 0 radical (unpaired) electrons. The molecule has 0 aromatic heterocycles. The summed E-state index contributed by atoms with van der Waals surface area (Å²) >= 11 is 0. The van der Waals surface area contributed by atoms with Gasteiger partial charge in [-0.1, -0.05) is 35.5 Å². The Labute approximate surface area is 82.4 Å². The van der Waals surface area contributed by atoms with Gasteiger partial charge in [0, 0.05) is 13.3 Å². The third kappa shape index (κ3) is 1.66. The smallest absolute Gasteiger partial charge is 0.177 e. The fraction of sp³-hybridized carbons (Fsp3) is 0.273. The lowest BCUT2D eigenvalue weighted by molar-refractivity contribution is -0.111. The van der Waals surface area contributed by atoms with Crippen LogP contribution in [0.4, 0.5) is 0 Å². The van der Waals surface area contributed by atoms with Crippen LogP contribution in [-0.2, 0) is 9.63 Å². The van der Waals surface area contributed by atoms with Gasteiger partial charge in [-0.2, -0.15) is 0 Å². The van der Waals surface area contributed by atoms with Gasteiger partial charge in [0.15, 0.2) is 11.9 Å². The average Bonchev–Trinajstić information content (AvgIpc) is 2.68. The molecule has 0 N–H and O–H groups in total. The van der Waals surface area contributed by atoms with E-state index in [4.69, 9.17) is 4.84 Å². The third-order valence-electron chi connectivity index (χ3n) is 2.25. The quantitative estimate of drug-likeness (QED) is 0.714. The molecule has 1 aromatic carbocycles. The summed E-state index contributed by atoms with van der Waals surface area (Å²) in [4.78, 5) is 16.2. The van der Waals surface area contributed by atoms with Crippen LogP contribution in [0, 0.1) is 0 Å². The van der Waals surface area contributed by atoms with E-state index in [1.807, 2.05) is 30.3 Å². The van der Waals surface area contributed by atoms with Crippen molar-refractivity contribution in [2.45, 2.75) is 19.4 Å². The molecule has 1 aliphatic heterocycles. The minimum atomic E-state index is -0.0879. The van der Waals surface area contributed by atoms with E-state index in [9.17, 15) is 4.79 Å². The van der Waals surface area contributed by atoms with Gasteiger partial charge in [-0.05, 0) is 5.56 Å². The second kappa shape index (κ2) is 3.62. The highest BCUT2D eigenvalue weighted by atomic mass is 16.6. The summed E-state index contributed by atoms with van der Waals surface area (Å²) in [7, 11) is 0. The summed E-state index contributed by atoms with van der Waals surface area (Å²) < 4.78 is 0. The number of nitrogens with zero attached hydrogens (tertiary/aromatic N) is 1. The van der Waals surface area contributed by atoms with Gasteiger partial charge in [0.05, 0.1) is 0 Å². The SMILES string of the molecule is CC(=O)C1=NO[C@@H](c2ccccc2)C1. The number of carbonyl (C=O) groups excluding carboxylic acids is 1. The summed E-state index contributed by atoms with van der Waals surface area (Å²) in [6.45, 7) is 1.51. The maximum absolute atomic E-state index is 11.0. The van der Waals surface area contributed by atoms with Crippen molar-refractivity contribution in [2.24, 2.45) is 5.16 Å². The summed E-state index contributed by atoms with van der Waals surface area (Å²) in [6.07, 6.45) is 0.495. The molecule has 1 heterocycles. The molecule has 0 unspecified atom stereocenters. The summed E-state index contributed by atoms with van der Waals surface area (Å²) in [5.41, 5.74) is 1.59. The number of hydrogen-bond donors (Lipinski definition) is 0. The fourth-order valence-electron chi connectivity index (χ4n) is 1.43. The Hall–Kier alpha value is -1.64. The Morgan fingerprint density at radius 1 is 1.43 bits per heavy atom. The first kappa shape index (κ1) is 8.94. The van der Waals surface area contributed by atoms with Gasteiger partial charge in [-0.3, -0.25) is 4.79 Å². The van der Waals surface area contributed by atoms with E-state index in [1.54, 1.807) is 0 Å². The first-order chi connectivity index (χ1) is 6.77. The minimum Gasteiger partial charge on any atom is -0.387 e. The van der Waals surface area contributed by atoms with E-state index in [-0.39, 0.29) is 11.9 Å². The van der Waals surface area contributed by atoms with Crippen LogP contribution < -0.4 is 0 Å². The van der Waals surface area contributed by atoms with Crippen LogP contribution in [0.1, 0.15) is 25.0 Å². The fourth-order valence-corrected chi connectivity index (χ4v) is 1.43. The monoisotopic (exact) mass is 189 g/mol. The molecule has 14 heavy (non-hydrogen) atoms. The molecule has 0 spiro atoms. The van der Waals surface area contributed by atoms with Crippen LogP contribution in [0.3, 0.4) is 0 Å². The van der Waals surface area contributed by atoms with Gasteiger partial charge < -0.3 is 4.84 Å². The van der Waals surface area contributed by atoms with Crippen LogP contribution in [0.5, 0.6) is 0 Å². The molecule has 1 atom stereocenters. The zero-order valence-electron chi connectivity index (χ0n) is 7.93. The van der Waals surface area contributed by atoms with Crippen molar-refractivity contribution in [3.63, 3.8) is 0 Å². The molecule has 0 aliphatic carbocycles. The van der Waals surface area contributed by atoms with Crippen molar-refractivity contribution in [3.05, 3.63) is 35.9 Å². The Kier molecular flexibility index (Phi) is 2.31. The van der Waals surface area contributed by atoms with Crippen LogP contribution in [0.15, 0.2) is 35.5 Å². The Balaban J connectivity index is 2.10. The lowest BCUT2D eigenvalue weighted by atomic mass is 10.0. The lowest BCUT2D eigenvalue weighted by Gasteiger charge is -2.06. The second-order valence-electron chi connectivity index (χ2n) is 3.30. The summed E-state index contributed by atoms with van der Waals surface area (Å²) in [6, 6.07) is 9.80. The van der Waals surface area contributed by atoms with Crippen molar-refractivity contribution < 1.29 is 9.63 Å². The van der Waals surface area contributed by atoms with Crippen LogP contribution in [0.25, 0.3) is 0 Å². The highest BCUT2D eigenvalue weighted by molar-refractivity contribution is 6.39. The summed E-state index contributed by atoms with van der Waals surface area (Å²) in [5.74, 6) is -0.0107. The molecule has 72 valence electrons. The zero-order valence-corrected chi connectivity index (χ0v) is 7.93. The molecule has 0 amide bonds. The van der Waals surface area contributed by atoms with Gasteiger partial charge in [0.25, 0.3) is 0 Å². The number of rotatable bonds is 2. The number of hydrogen-bond acceptors (Lipinski definition) is 3. The molecule has 0 saturated carbocycles. The first-order valence-corrected chi connectivity index (χ1v) is 4.56. The minimum absolute atomic E-state index is 0.0107. The highest BCUT2D eigenvalue weighted by Crippen LogP contribution is 2.26. The van der Waals surface area contributed by atoms with Gasteiger partial charge in [-0.15, -0.1) is 0 Å². The number of ketones is 1. The normalized spacial score (nSPS) is 20.1. The van der Waals surface area contributed by atoms with E-state index in [0.717, 1.165) is 5.56 Å². The Morgan fingerprint density at radius 3 is 2.71 bits per heavy atom. The van der Waals surface area contributed by atoms with Gasteiger partial charge in [0.1, 0.15) is 5.71 Å². The largest absolute Gasteiger partial charge is 0.387 e. The van der Waals surface area contributed by atoms with Crippen LogP contribution >= 0.6 is 0 Å². The molecule has 2 rings (SSSR count). The number of Topliss-reactive ketones (excluding diaryl/α,β-unsaturated/α-hetero) is 1. The van der Waals surface area contributed by atoms with Crippen LogP contribution in [0.2, 0.25) is 0 Å². The molecule has 1 aliphatic rings. The number of oxime groups is 1. The van der Waals surface area contributed by atoms with E-state index >= 15 is 0 Å². The lowest BCUT2D eigenvalue weighted by Crippen LogP contribution is -2.08. The Morgan fingerprint density at radius 2 is 2.14 bits per heavy atom. The van der Waals surface area contributed by atoms with Gasteiger partial charge >= 0.3 is 0 Å². The first-order valence-electron chi connectivity index (χ1n) is 4.56. The van der Waals surface area contributed by atoms with Crippen LogP contribution in [-0.4, -0.2) is 11.5 Å². The van der Waals surface area contributed by atoms with Crippen molar-refractivity contribution in [1.29, 1.82) is 0 Å². The predicted molar refractivity (Wildman–Crippen MR) is 53.0 cm³/mol. The molecular formula is C11H11NO2. The van der Waals surface area contributed by atoms with E-state index in [1.165, 1.54) is 6.92 Å². The predicted octanol–water partition coefficient (Wildman–Crippen LogP) is 2.09. The molecule has 0 fully saturated rings. The highest BCUT2D eigenvalue weighted by Gasteiger charge is 2.24. The standard InChI is InChI=1S/C11H11NO2/c1-8(13)10-7-11(14-12-10)9-5-3-2-4-6-9/h2-6,11H,7H2,1H3/t11-/m1/s1. The third-order valence-corrected chi connectivity index (χ3v) is 2.25. The molecule has 3 heteroatoms. The van der Waals surface area contributed by atoms with Gasteiger partial charge in [0.2, 0.25) is 0 Å². The van der Waals surface area contributed by atoms with Crippen molar-refractivity contribution in [3.8, 4) is 0 Å². The van der Waals surface area contributed by atoms with E-state index in [0.29, 0.717) is 12.1 Å². The Bertz CT molecular complexity index is 370. The number of benzene rings is 1. The van der Waals surface area contributed by atoms with Crippen molar-refractivity contribution in [2.75, 3.05) is 0 Å². The maximum atomic E-state index is 11.0. The molecule has 3 nitrogen and oxygen atoms in total. The molecule has 0 bridgehead atoms. The van der Waals surface area contributed by atoms with Crippen molar-refractivity contribution >= 4 is 11.5 Å². The topological polar surface area (TPSA) is 38.7 Å². The molecule has 0 saturated heterocycles. The van der Waals surface area contributed by atoms with Crippen molar-refractivity contribution in [1.82, 2.24) is 0 Å².